The van der Waals surface area contributed by atoms with Crippen molar-refractivity contribution in [2.45, 2.75) is 25.8 Å². The number of hydrogen-bond donors (Lipinski definition) is 2. The first-order valence-corrected chi connectivity index (χ1v) is 6.95. The number of phenols is 1. The quantitative estimate of drug-likeness (QED) is 0.880. The van der Waals surface area contributed by atoms with Crippen LogP contribution < -0.4 is 10.5 Å². The number of carbonyl (C=O) groups is 1. The number of ether oxygens (including phenoxy) is 1. The Kier molecular flexibility index (Phi) is 4.49. The molecule has 20 heavy (non-hydrogen) atoms. The second-order valence-corrected chi connectivity index (χ2v) is 5.37. The van der Waals surface area contributed by atoms with E-state index in [2.05, 4.69) is 0 Å². The van der Waals surface area contributed by atoms with Gasteiger partial charge in [-0.15, -0.1) is 0 Å². The highest BCUT2D eigenvalue weighted by Gasteiger charge is 2.28. The van der Waals surface area contributed by atoms with E-state index < -0.39 is 0 Å². The van der Waals surface area contributed by atoms with Crippen molar-refractivity contribution in [3.8, 4) is 11.5 Å². The zero-order valence-electron chi connectivity index (χ0n) is 12.0. The van der Waals surface area contributed by atoms with Crippen LogP contribution in [0.4, 0.5) is 0 Å². The van der Waals surface area contributed by atoms with E-state index in [-0.39, 0.29) is 23.3 Å². The Hall–Kier alpha value is -1.75. The van der Waals surface area contributed by atoms with Crippen molar-refractivity contribution in [3.05, 3.63) is 23.8 Å². The van der Waals surface area contributed by atoms with Crippen LogP contribution in [-0.4, -0.2) is 42.2 Å². The number of methoxy groups -OCH3 is 1. The standard InChI is InChI=1S/C15H22N2O3/c1-10(16)11-5-4-8-17(9-11)15(19)12-6-3-7-13(20-2)14(12)18/h3,6-7,10-11,18H,4-5,8-9,16H2,1-2H3. The van der Waals surface area contributed by atoms with Gasteiger partial charge in [-0.05, 0) is 37.8 Å². The molecule has 2 atom stereocenters. The van der Waals surface area contributed by atoms with Crippen LogP contribution in [0.2, 0.25) is 0 Å². The first kappa shape index (κ1) is 14.7. The molecule has 1 aromatic rings. The average Bonchev–Trinajstić information content (AvgIpc) is 2.47. The van der Waals surface area contributed by atoms with E-state index in [1.807, 2.05) is 6.92 Å². The van der Waals surface area contributed by atoms with Gasteiger partial charge in [-0.2, -0.15) is 0 Å². The fraction of sp³-hybridized carbons (Fsp3) is 0.533. The SMILES string of the molecule is COc1cccc(C(=O)N2CCCC(C(C)N)C2)c1O. The van der Waals surface area contributed by atoms with Crippen molar-refractivity contribution >= 4 is 5.91 Å². The summed E-state index contributed by atoms with van der Waals surface area (Å²) in [5, 5.41) is 10.1. The summed E-state index contributed by atoms with van der Waals surface area (Å²) in [5.41, 5.74) is 6.22. The molecule has 0 aromatic heterocycles. The lowest BCUT2D eigenvalue weighted by atomic mass is 9.92. The minimum atomic E-state index is -0.160. The number of nitrogens with two attached hydrogens (primary N) is 1. The van der Waals surface area contributed by atoms with Gasteiger partial charge in [-0.3, -0.25) is 4.79 Å². The molecule has 110 valence electrons. The lowest BCUT2D eigenvalue weighted by molar-refractivity contribution is 0.0657. The molecule has 1 aliphatic rings. The molecule has 1 amide bonds. The van der Waals surface area contributed by atoms with Gasteiger partial charge >= 0.3 is 0 Å². The number of nitrogens with zero attached hydrogens (tertiary/aromatic N) is 1. The third kappa shape index (κ3) is 2.88. The summed E-state index contributed by atoms with van der Waals surface area (Å²) in [4.78, 5) is 14.3. The van der Waals surface area contributed by atoms with Gasteiger partial charge < -0.3 is 20.5 Å². The van der Waals surface area contributed by atoms with Crippen LogP contribution in [0.15, 0.2) is 18.2 Å². The molecule has 1 heterocycles. The topological polar surface area (TPSA) is 75.8 Å². The molecule has 0 bridgehead atoms. The number of benzene rings is 1. The number of likely N-dealkylation sites (tertiary alicyclic amines) is 1. The fourth-order valence-electron chi connectivity index (χ4n) is 2.65. The van der Waals surface area contributed by atoms with Gasteiger partial charge in [-0.25, -0.2) is 0 Å². The van der Waals surface area contributed by atoms with Crippen molar-refractivity contribution in [2.24, 2.45) is 11.7 Å². The minimum absolute atomic E-state index is 0.0736. The maximum atomic E-state index is 12.5. The van der Waals surface area contributed by atoms with E-state index >= 15 is 0 Å². The number of hydrogen-bond acceptors (Lipinski definition) is 4. The third-order valence-electron chi connectivity index (χ3n) is 3.94. The Morgan fingerprint density at radius 1 is 1.55 bits per heavy atom. The van der Waals surface area contributed by atoms with Gasteiger partial charge in [0.15, 0.2) is 11.5 Å². The average molecular weight is 278 g/mol. The summed E-state index contributed by atoms with van der Waals surface area (Å²) >= 11 is 0. The smallest absolute Gasteiger partial charge is 0.257 e. The lowest BCUT2D eigenvalue weighted by Crippen LogP contribution is -2.45. The van der Waals surface area contributed by atoms with Crippen LogP contribution in [0.3, 0.4) is 0 Å². The highest BCUT2D eigenvalue weighted by atomic mass is 16.5. The molecule has 1 aliphatic heterocycles. The van der Waals surface area contributed by atoms with Crippen LogP contribution in [0.25, 0.3) is 0 Å². The highest BCUT2D eigenvalue weighted by molar-refractivity contribution is 5.97. The van der Waals surface area contributed by atoms with Gasteiger partial charge in [0.1, 0.15) is 0 Å². The largest absolute Gasteiger partial charge is 0.504 e. The molecule has 1 saturated heterocycles. The van der Waals surface area contributed by atoms with Crippen LogP contribution >= 0.6 is 0 Å². The molecular weight excluding hydrogens is 256 g/mol. The fourth-order valence-corrected chi connectivity index (χ4v) is 2.65. The Bertz CT molecular complexity index is 488. The first-order chi connectivity index (χ1) is 9.54. The lowest BCUT2D eigenvalue weighted by Gasteiger charge is -2.34. The number of rotatable bonds is 3. The summed E-state index contributed by atoms with van der Waals surface area (Å²) in [7, 11) is 1.47. The number of phenolic OH excluding ortho intramolecular Hbond substituents is 1. The molecule has 2 rings (SSSR count). The summed E-state index contributed by atoms with van der Waals surface area (Å²) < 4.78 is 5.04. The van der Waals surface area contributed by atoms with E-state index in [9.17, 15) is 9.90 Å². The highest BCUT2D eigenvalue weighted by Crippen LogP contribution is 2.31. The van der Waals surface area contributed by atoms with E-state index in [0.29, 0.717) is 24.8 Å². The Labute approximate surface area is 119 Å². The van der Waals surface area contributed by atoms with E-state index in [0.717, 1.165) is 12.8 Å². The maximum Gasteiger partial charge on any atom is 0.257 e. The first-order valence-electron chi connectivity index (χ1n) is 6.95. The van der Waals surface area contributed by atoms with Gasteiger partial charge in [-0.1, -0.05) is 6.07 Å². The van der Waals surface area contributed by atoms with Crippen molar-refractivity contribution in [1.29, 1.82) is 0 Å². The summed E-state index contributed by atoms with van der Waals surface area (Å²) in [6.45, 7) is 3.33. The Morgan fingerprint density at radius 3 is 2.95 bits per heavy atom. The van der Waals surface area contributed by atoms with E-state index in [4.69, 9.17) is 10.5 Å². The van der Waals surface area contributed by atoms with Crippen LogP contribution in [0.5, 0.6) is 11.5 Å². The number of carbonyl (C=O) groups excluding carboxylic acids is 1. The molecule has 1 aromatic carbocycles. The minimum Gasteiger partial charge on any atom is -0.504 e. The number of piperidine rings is 1. The van der Waals surface area contributed by atoms with Crippen LogP contribution in [-0.2, 0) is 0 Å². The molecule has 0 spiro atoms. The molecule has 0 aliphatic carbocycles. The second kappa shape index (κ2) is 6.13. The summed E-state index contributed by atoms with van der Waals surface area (Å²) in [5.74, 6) is 0.381. The number of aromatic hydroxyl groups is 1. The van der Waals surface area contributed by atoms with Crippen molar-refractivity contribution in [1.82, 2.24) is 4.90 Å². The van der Waals surface area contributed by atoms with E-state index in [1.54, 1.807) is 23.1 Å². The molecule has 0 radical (unpaired) electrons. The Morgan fingerprint density at radius 2 is 2.30 bits per heavy atom. The predicted octanol–water partition coefficient (Wildman–Crippen LogP) is 1.60. The third-order valence-corrected chi connectivity index (χ3v) is 3.94. The Balaban J connectivity index is 2.19. The van der Waals surface area contributed by atoms with Gasteiger partial charge in [0, 0.05) is 19.1 Å². The monoisotopic (exact) mass is 278 g/mol. The molecule has 2 unspecified atom stereocenters. The van der Waals surface area contributed by atoms with Crippen LogP contribution in [0.1, 0.15) is 30.1 Å². The predicted molar refractivity (Wildman–Crippen MR) is 76.9 cm³/mol. The van der Waals surface area contributed by atoms with Crippen LogP contribution in [0, 0.1) is 5.92 Å². The summed E-state index contributed by atoms with van der Waals surface area (Å²) in [6.07, 6.45) is 1.99. The molecule has 5 nitrogen and oxygen atoms in total. The second-order valence-electron chi connectivity index (χ2n) is 5.37. The van der Waals surface area contributed by atoms with Gasteiger partial charge in [0.2, 0.25) is 0 Å². The molecular formula is C15H22N2O3. The van der Waals surface area contributed by atoms with E-state index in [1.165, 1.54) is 7.11 Å². The zero-order chi connectivity index (χ0) is 14.7. The molecule has 0 saturated carbocycles. The van der Waals surface area contributed by atoms with Crippen molar-refractivity contribution in [2.75, 3.05) is 20.2 Å². The zero-order valence-corrected chi connectivity index (χ0v) is 12.0. The number of amides is 1. The number of para-hydroxylation sites is 1. The normalized spacial score (nSPS) is 20.6. The van der Waals surface area contributed by atoms with Crippen molar-refractivity contribution < 1.29 is 14.6 Å². The molecule has 1 fully saturated rings. The van der Waals surface area contributed by atoms with Gasteiger partial charge in [0.25, 0.3) is 5.91 Å². The molecule has 5 heteroatoms. The summed E-state index contributed by atoms with van der Waals surface area (Å²) in [6, 6.07) is 5.03. The molecule has 3 N–H and O–H groups in total. The van der Waals surface area contributed by atoms with Crippen molar-refractivity contribution in [3.63, 3.8) is 0 Å². The maximum absolute atomic E-state index is 12.5. The van der Waals surface area contributed by atoms with Gasteiger partial charge in [0.05, 0.1) is 12.7 Å².